The molecule has 142 valence electrons. The fourth-order valence-electron chi connectivity index (χ4n) is 1.92. The molecule has 27 heavy (non-hydrogen) atoms. The van der Waals surface area contributed by atoms with Gasteiger partial charge in [-0.25, -0.2) is 23.0 Å². The van der Waals surface area contributed by atoms with E-state index in [0.29, 0.717) is 0 Å². The van der Waals surface area contributed by atoms with Gasteiger partial charge in [0.1, 0.15) is 5.69 Å². The average Bonchev–Trinajstić information content (AvgIpc) is 2.71. The molecule has 0 fully saturated rings. The van der Waals surface area contributed by atoms with E-state index in [4.69, 9.17) is 0 Å². The van der Waals surface area contributed by atoms with E-state index < -0.39 is 32.8 Å². The summed E-state index contributed by atoms with van der Waals surface area (Å²) >= 11 is 0. The van der Waals surface area contributed by atoms with Crippen molar-refractivity contribution in [1.82, 2.24) is 20.2 Å². The van der Waals surface area contributed by atoms with E-state index in [9.17, 15) is 22.8 Å². The maximum Gasteiger partial charge on any atom is 0.339 e. The zero-order chi connectivity index (χ0) is 20.0. The van der Waals surface area contributed by atoms with Crippen molar-refractivity contribution in [3.05, 3.63) is 53.6 Å². The van der Waals surface area contributed by atoms with Crippen LogP contribution in [0.5, 0.6) is 0 Å². The molecule has 0 atom stereocenters. The van der Waals surface area contributed by atoms with Crippen molar-refractivity contribution in [3.8, 4) is 0 Å². The number of carbonyl (C=O) groups excluding carboxylic acids is 3. The predicted octanol–water partition coefficient (Wildman–Crippen LogP) is -0.327. The summed E-state index contributed by atoms with van der Waals surface area (Å²) in [6, 6.07) is 3.22. The Bertz CT molecular complexity index is 977. The number of amides is 1. The Morgan fingerprint density at radius 3 is 2.33 bits per heavy atom. The van der Waals surface area contributed by atoms with E-state index in [1.807, 2.05) is 10.3 Å². The summed E-state index contributed by atoms with van der Waals surface area (Å²) in [7, 11) is -2.27. The molecular formula is C15H14N4O7S. The maximum atomic E-state index is 12.6. The van der Waals surface area contributed by atoms with Crippen LogP contribution in [0.1, 0.15) is 31.2 Å². The largest absolute Gasteiger partial charge is 0.465 e. The number of hydrogen-bond acceptors (Lipinski definition) is 9. The van der Waals surface area contributed by atoms with Crippen LogP contribution < -0.4 is 10.3 Å². The molecule has 0 saturated heterocycles. The first-order valence-electron chi connectivity index (χ1n) is 7.19. The van der Waals surface area contributed by atoms with Gasteiger partial charge >= 0.3 is 11.9 Å². The molecule has 0 aliphatic carbocycles. The van der Waals surface area contributed by atoms with Crippen LogP contribution in [-0.2, 0) is 19.5 Å². The average molecular weight is 394 g/mol. The molecular weight excluding hydrogens is 380 g/mol. The van der Waals surface area contributed by atoms with Gasteiger partial charge in [-0.3, -0.25) is 15.2 Å². The van der Waals surface area contributed by atoms with Crippen LogP contribution in [0.25, 0.3) is 0 Å². The number of nitrogens with one attached hydrogen (secondary N) is 2. The molecule has 0 aliphatic heterocycles. The second-order valence-electron chi connectivity index (χ2n) is 4.84. The number of methoxy groups -OCH3 is 2. The summed E-state index contributed by atoms with van der Waals surface area (Å²) in [6.07, 6.45) is 3.71. The summed E-state index contributed by atoms with van der Waals surface area (Å²) in [5.74, 6) is -2.64. The quantitative estimate of drug-likeness (QED) is 0.495. The van der Waals surface area contributed by atoms with Gasteiger partial charge in [0.15, 0.2) is 0 Å². The first-order chi connectivity index (χ1) is 12.8. The summed E-state index contributed by atoms with van der Waals surface area (Å²) in [5, 5.41) is 0. The third-order valence-electron chi connectivity index (χ3n) is 3.19. The van der Waals surface area contributed by atoms with Crippen molar-refractivity contribution in [2.24, 2.45) is 0 Å². The van der Waals surface area contributed by atoms with Crippen LogP contribution in [-0.4, -0.2) is 50.5 Å². The Labute approximate surface area is 153 Å². The van der Waals surface area contributed by atoms with Crippen LogP contribution in [0.4, 0.5) is 0 Å². The molecule has 12 heteroatoms. The number of benzene rings is 1. The minimum absolute atomic E-state index is 0.120. The maximum absolute atomic E-state index is 12.6. The normalized spacial score (nSPS) is 10.7. The highest BCUT2D eigenvalue weighted by atomic mass is 32.2. The predicted molar refractivity (Wildman–Crippen MR) is 88.9 cm³/mol. The van der Waals surface area contributed by atoms with E-state index in [-0.39, 0.29) is 16.8 Å². The molecule has 1 amide bonds. The van der Waals surface area contributed by atoms with Crippen LogP contribution >= 0.6 is 0 Å². The lowest BCUT2D eigenvalue weighted by atomic mass is 10.1. The molecule has 0 radical (unpaired) electrons. The van der Waals surface area contributed by atoms with Gasteiger partial charge in [0.25, 0.3) is 15.9 Å². The Morgan fingerprint density at radius 1 is 1.04 bits per heavy atom. The third-order valence-corrected chi connectivity index (χ3v) is 4.48. The molecule has 1 aromatic carbocycles. The number of sulfonamides is 1. The number of ether oxygens (including phenoxy) is 2. The number of rotatable bonds is 6. The van der Waals surface area contributed by atoms with Gasteiger partial charge in [0, 0.05) is 12.4 Å². The lowest BCUT2D eigenvalue weighted by Gasteiger charge is -2.12. The summed E-state index contributed by atoms with van der Waals surface area (Å²) in [6.45, 7) is 0. The molecule has 1 heterocycles. The Balaban J connectivity index is 2.36. The van der Waals surface area contributed by atoms with Crippen molar-refractivity contribution in [1.29, 1.82) is 0 Å². The van der Waals surface area contributed by atoms with Crippen molar-refractivity contribution in [2.45, 2.75) is 4.90 Å². The van der Waals surface area contributed by atoms with E-state index in [2.05, 4.69) is 19.4 Å². The highest BCUT2D eigenvalue weighted by Gasteiger charge is 2.26. The molecule has 2 rings (SSSR count). The fraction of sp³-hybridized carbons (Fsp3) is 0.133. The summed E-state index contributed by atoms with van der Waals surface area (Å²) < 4.78 is 34.2. The first-order valence-corrected chi connectivity index (χ1v) is 8.67. The molecule has 0 aliphatic rings. The molecule has 1 aromatic heterocycles. The van der Waals surface area contributed by atoms with Crippen molar-refractivity contribution in [2.75, 3.05) is 14.2 Å². The van der Waals surface area contributed by atoms with E-state index >= 15 is 0 Å². The zero-order valence-corrected chi connectivity index (χ0v) is 14.9. The highest BCUT2D eigenvalue weighted by molar-refractivity contribution is 7.89. The zero-order valence-electron chi connectivity index (χ0n) is 14.1. The molecule has 0 unspecified atom stereocenters. The minimum Gasteiger partial charge on any atom is -0.465 e. The van der Waals surface area contributed by atoms with Crippen LogP contribution in [0, 0.1) is 0 Å². The second-order valence-corrected chi connectivity index (χ2v) is 6.50. The number of nitrogens with zero attached hydrogens (tertiary/aromatic N) is 2. The van der Waals surface area contributed by atoms with E-state index in [1.165, 1.54) is 18.5 Å². The van der Waals surface area contributed by atoms with Gasteiger partial charge in [-0.15, -0.1) is 4.83 Å². The molecule has 0 spiro atoms. The third kappa shape index (κ3) is 4.62. The standard InChI is InChI=1S/C15H14N4O7S/c1-25-14(21)9-3-4-10(15(22)26-2)12(7-9)27(23,24)19-18-13(20)11-8-16-5-6-17-11/h3-8,19H,1-2H3,(H,18,20). The highest BCUT2D eigenvalue weighted by Crippen LogP contribution is 2.19. The van der Waals surface area contributed by atoms with Gasteiger partial charge in [-0.2, -0.15) is 0 Å². The SMILES string of the molecule is COC(=O)c1ccc(C(=O)OC)c(S(=O)(=O)NNC(=O)c2cnccn2)c1. The smallest absolute Gasteiger partial charge is 0.339 e. The minimum atomic E-state index is -4.45. The van der Waals surface area contributed by atoms with Crippen LogP contribution in [0.15, 0.2) is 41.7 Å². The first kappa shape index (κ1) is 19.9. The van der Waals surface area contributed by atoms with Gasteiger partial charge < -0.3 is 9.47 Å². The van der Waals surface area contributed by atoms with Gasteiger partial charge in [-0.1, -0.05) is 0 Å². The fourth-order valence-corrected chi connectivity index (χ4v) is 2.98. The summed E-state index contributed by atoms with van der Waals surface area (Å²) in [5.41, 5.74) is 1.33. The van der Waals surface area contributed by atoms with E-state index in [0.717, 1.165) is 32.5 Å². The van der Waals surface area contributed by atoms with Gasteiger partial charge in [0.05, 0.1) is 36.4 Å². The van der Waals surface area contributed by atoms with Crippen molar-refractivity contribution < 1.29 is 32.3 Å². The van der Waals surface area contributed by atoms with E-state index in [1.54, 1.807) is 0 Å². The number of hydrogen-bond donors (Lipinski definition) is 2. The van der Waals surface area contributed by atoms with Crippen molar-refractivity contribution in [3.63, 3.8) is 0 Å². The number of carbonyl (C=O) groups is 3. The Hall–Kier alpha value is -3.38. The van der Waals surface area contributed by atoms with Crippen LogP contribution in [0.2, 0.25) is 0 Å². The lowest BCUT2D eigenvalue weighted by molar-refractivity contribution is 0.0583. The molecule has 0 bridgehead atoms. The topological polar surface area (TPSA) is 154 Å². The molecule has 2 N–H and O–H groups in total. The van der Waals surface area contributed by atoms with Crippen LogP contribution in [0.3, 0.4) is 0 Å². The number of hydrazine groups is 1. The van der Waals surface area contributed by atoms with Gasteiger partial charge in [0.2, 0.25) is 0 Å². The number of aromatic nitrogens is 2. The van der Waals surface area contributed by atoms with Crippen molar-refractivity contribution >= 4 is 27.9 Å². The Kier molecular flexibility index (Phi) is 6.15. The second kappa shape index (κ2) is 8.33. The molecule has 11 nitrogen and oxygen atoms in total. The monoisotopic (exact) mass is 394 g/mol. The molecule has 2 aromatic rings. The number of esters is 2. The molecule has 0 saturated carbocycles. The lowest BCUT2D eigenvalue weighted by Crippen LogP contribution is -2.42. The summed E-state index contributed by atoms with van der Waals surface area (Å²) in [4.78, 5) is 44.1. The van der Waals surface area contributed by atoms with Gasteiger partial charge in [-0.05, 0) is 18.2 Å². The Morgan fingerprint density at radius 2 is 1.74 bits per heavy atom.